The van der Waals surface area contributed by atoms with E-state index in [1.807, 2.05) is 6.07 Å². The lowest BCUT2D eigenvalue weighted by molar-refractivity contribution is 0.0287. The number of halogens is 1. The predicted octanol–water partition coefficient (Wildman–Crippen LogP) is 4.18. The molecule has 0 aliphatic carbocycles. The largest absolute Gasteiger partial charge is 0.503 e. The monoisotopic (exact) mass is 389 g/mol. The second kappa shape index (κ2) is 8.51. The van der Waals surface area contributed by atoms with Crippen molar-refractivity contribution in [2.45, 2.75) is 32.7 Å². The Kier molecular flexibility index (Phi) is 6.30. The van der Waals surface area contributed by atoms with Crippen LogP contribution >= 0.6 is 11.6 Å². The summed E-state index contributed by atoms with van der Waals surface area (Å²) in [5.74, 6) is 0.369. The van der Waals surface area contributed by atoms with Gasteiger partial charge in [0, 0.05) is 18.5 Å². The number of hydrogen-bond acceptors (Lipinski definition) is 4. The van der Waals surface area contributed by atoms with Crippen molar-refractivity contribution in [3.63, 3.8) is 0 Å². The number of aryl methyl sites for hydroxylation is 1. The van der Waals surface area contributed by atoms with Gasteiger partial charge in [-0.25, -0.2) is 0 Å². The first-order chi connectivity index (χ1) is 13.0. The third-order valence-corrected chi connectivity index (χ3v) is 5.91. The lowest BCUT2D eigenvalue weighted by Crippen LogP contribution is -2.46. The summed E-state index contributed by atoms with van der Waals surface area (Å²) in [6.07, 6.45) is 2.95. The fourth-order valence-electron chi connectivity index (χ4n) is 4.12. The molecule has 1 aliphatic heterocycles. The standard InChI is InChI=1S/C22H28ClNO3/c1-16-6-3-4-7-18(16)12-22(15-25)8-5-9-24(14-22)13-17-10-19(23)21(26)20(11-17)27-2/h3-4,6-7,10-11,25-26H,5,8-9,12-15H2,1-2H3. The van der Waals surface area contributed by atoms with Crippen LogP contribution in [0.2, 0.25) is 5.02 Å². The number of methoxy groups -OCH3 is 1. The summed E-state index contributed by atoms with van der Waals surface area (Å²) in [7, 11) is 1.52. The Hall–Kier alpha value is -1.75. The second-order valence-corrected chi connectivity index (χ2v) is 8.11. The second-order valence-electron chi connectivity index (χ2n) is 7.70. The molecule has 1 saturated heterocycles. The van der Waals surface area contributed by atoms with Gasteiger partial charge in [0.25, 0.3) is 0 Å². The van der Waals surface area contributed by atoms with Crippen LogP contribution in [0.1, 0.15) is 29.5 Å². The summed E-state index contributed by atoms with van der Waals surface area (Å²) in [6, 6.07) is 12.0. The number of ether oxygens (including phenoxy) is 1. The lowest BCUT2D eigenvalue weighted by atomic mass is 9.75. The highest BCUT2D eigenvalue weighted by molar-refractivity contribution is 6.32. The van der Waals surface area contributed by atoms with Crippen LogP contribution in [-0.4, -0.2) is 41.9 Å². The maximum Gasteiger partial charge on any atom is 0.176 e. The molecule has 0 spiro atoms. The first-order valence-corrected chi connectivity index (χ1v) is 9.77. The van der Waals surface area contributed by atoms with Crippen molar-refractivity contribution in [1.29, 1.82) is 0 Å². The molecule has 1 heterocycles. The summed E-state index contributed by atoms with van der Waals surface area (Å²) >= 11 is 6.13. The van der Waals surface area contributed by atoms with Crippen LogP contribution in [0.4, 0.5) is 0 Å². The number of rotatable bonds is 6. The van der Waals surface area contributed by atoms with Crippen molar-refractivity contribution in [2.75, 3.05) is 26.8 Å². The summed E-state index contributed by atoms with van der Waals surface area (Å²) in [5, 5.41) is 20.5. The fraction of sp³-hybridized carbons (Fsp3) is 0.455. The van der Waals surface area contributed by atoms with Crippen LogP contribution in [0.25, 0.3) is 0 Å². The van der Waals surface area contributed by atoms with Gasteiger partial charge in [0.15, 0.2) is 11.5 Å². The Labute approximate surface area is 166 Å². The Bertz CT molecular complexity index is 795. The Morgan fingerprint density at radius 2 is 2.04 bits per heavy atom. The van der Waals surface area contributed by atoms with E-state index in [9.17, 15) is 10.2 Å². The summed E-state index contributed by atoms with van der Waals surface area (Å²) in [4.78, 5) is 2.36. The van der Waals surface area contributed by atoms with Crippen molar-refractivity contribution in [3.05, 3.63) is 58.1 Å². The smallest absolute Gasteiger partial charge is 0.176 e. The highest BCUT2D eigenvalue weighted by atomic mass is 35.5. The first kappa shape index (κ1) is 20.0. The molecule has 0 bridgehead atoms. The third kappa shape index (κ3) is 4.57. The number of nitrogens with zero attached hydrogens (tertiary/aromatic N) is 1. The maximum atomic E-state index is 10.2. The van der Waals surface area contributed by atoms with Gasteiger partial charge in [-0.1, -0.05) is 35.9 Å². The molecule has 5 heteroatoms. The van der Waals surface area contributed by atoms with Crippen molar-refractivity contribution in [2.24, 2.45) is 5.41 Å². The minimum absolute atomic E-state index is 0.0224. The van der Waals surface area contributed by atoms with E-state index in [1.54, 1.807) is 6.07 Å². The number of phenols is 1. The molecular formula is C22H28ClNO3. The minimum atomic E-state index is -0.130. The van der Waals surface area contributed by atoms with Gasteiger partial charge in [-0.05, 0) is 61.6 Å². The Balaban J connectivity index is 1.76. The molecule has 1 atom stereocenters. The molecule has 1 aliphatic rings. The minimum Gasteiger partial charge on any atom is -0.503 e. The number of aliphatic hydroxyl groups excluding tert-OH is 1. The van der Waals surface area contributed by atoms with E-state index in [-0.39, 0.29) is 17.8 Å². The topological polar surface area (TPSA) is 52.9 Å². The number of benzene rings is 2. The van der Waals surface area contributed by atoms with Gasteiger partial charge in [0.1, 0.15) is 0 Å². The van der Waals surface area contributed by atoms with Crippen LogP contribution in [-0.2, 0) is 13.0 Å². The highest BCUT2D eigenvalue weighted by Gasteiger charge is 2.35. The molecule has 0 amide bonds. The molecule has 2 N–H and O–H groups in total. The SMILES string of the molecule is COc1cc(CN2CCCC(CO)(Cc3ccccc3C)C2)cc(Cl)c1O. The quantitative estimate of drug-likeness (QED) is 0.778. The number of aliphatic hydroxyl groups is 1. The predicted molar refractivity (Wildman–Crippen MR) is 109 cm³/mol. The van der Waals surface area contributed by atoms with Crippen molar-refractivity contribution < 1.29 is 14.9 Å². The summed E-state index contributed by atoms with van der Waals surface area (Å²) < 4.78 is 5.22. The van der Waals surface area contributed by atoms with E-state index < -0.39 is 0 Å². The van der Waals surface area contributed by atoms with E-state index in [0.717, 1.165) is 37.9 Å². The lowest BCUT2D eigenvalue weighted by Gasteiger charge is -2.42. The molecule has 1 unspecified atom stereocenters. The van der Waals surface area contributed by atoms with Crippen molar-refractivity contribution >= 4 is 11.6 Å². The molecule has 0 radical (unpaired) electrons. The van der Waals surface area contributed by atoms with Crippen LogP contribution in [0.15, 0.2) is 36.4 Å². The highest BCUT2D eigenvalue weighted by Crippen LogP contribution is 2.37. The summed E-state index contributed by atoms with van der Waals surface area (Å²) in [6.45, 7) is 4.84. The zero-order valence-electron chi connectivity index (χ0n) is 16.0. The molecule has 2 aromatic rings. The summed E-state index contributed by atoms with van der Waals surface area (Å²) in [5.41, 5.74) is 3.45. The maximum absolute atomic E-state index is 10.2. The number of aromatic hydroxyl groups is 1. The van der Waals surface area contributed by atoms with E-state index in [1.165, 1.54) is 18.2 Å². The van der Waals surface area contributed by atoms with E-state index in [0.29, 0.717) is 17.3 Å². The van der Waals surface area contributed by atoms with E-state index in [2.05, 4.69) is 36.1 Å². The van der Waals surface area contributed by atoms with Gasteiger partial charge in [-0.2, -0.15) is 0 Å². The van der Waals surface area contributed by atoms with Crippen molar-refractivity contribution in [3.8, 4) is 11.5 Å². The molecule has 2 aromatic carbocycles. The van der Waals surface area contributed by atoms with Gasteiger partial charge >= 0.3 is 0 Å². The third-order valence-electron chi connectivity index (χ3n) is 5.62. The van der Waals surface area contributed by atoms with E-state index >= 15 is 0 Å². The van der Waals surface area contributed by atoms with Gasteiger partial charge in [-0.3, -0.25) is 4.90 Å². The molecule has 4 nitrogen and oxygen atoms in total. The number of phenolic OH excluding ortho intramolecular Hbond substituents is 1. The van der Waals surface area contributed by atoms with Gasteiger partial charge in [0.05, 0.1) is 18.7 Å². The Morgan fingerprint density at radius 1 is 1.26 bits per heavy atom. The molecule has 3 rings (SSSR count). The molecule has 0 aromatic heterocycles. The van der Waals surface area contributed by atoms with Crippen LogP contribution in [0.3, 0.4) is 0 Å². The van der Waals surface area contributed by atoms with Crippen molar-refractivity contribution in [1.82, 2.24) is 4.90 Å². The molecular weight excluding hydrogens is 362 g/mol. The first-order valence-electron chi connectivity index (χ1n) is 9.39. The molecule has 1 fully saturated rings. The zero-order valence-corrected chi connectivity index (χ0v) is 16.8. The van der Waals surface area contributed by atoms with Crippen LogP contribution in [0.5, 0.6) is 11.5 Å². The van der Waals surface area contributed by atoms with Gasteiger partial charge < -0.3 is 14.9 Å². The van der Waals surface area contributed by atoms with E-state index in [4.69, 9.17) is 16.3 Å². The van der Waals surface area contributed by atoms with Gasteiger partial charge in [-0.15, -0.1) is 0 Å². The Morgan fingerprint density at radius 3 is 2.74 bits per heavy atom. The number of hydrogen-bond donors (Lipinski definition) is 2. The van der Waals surface area contributed by atoms with Gasteiger partial charge in [0.2, 0.25) is 0 Å². The number of likely N-dealkylation sites (tertiary alicyclic amines) is 1. The van der Waals surface area contributed by atoms with Crippen LogP contribution < -0.4 is 4.74 Å². The zero-order chi connectivity index (χ0) is 19.4. The normalized spacial score (nSPS) is 20.6. The number of piperidine rings is 1. The van der Waals surface area contributed by atoms with Crippen LogP contribution in [0, 0.1) is 12.3 Å². The molecule has 146 valence electrons. The molecule has 27 heavy (non-hydrogen) atoms. The fourth-order valence-corrected chi connectivity index (χ4v) is 4.35. The molecule has 0 saturated carbocycles. The average molecular weight is 390 g/mol. The average Bonchev–Trinajstić information content (AvgIpc) is 2.66.